The van der Waals surface area contributed by atoms with Crippen molar-refractivity contribution >= 4 is 11.9 Å². The first-order valence-corrected chi connectivity index (χ1v) is 4.60. The molecule has 0 bridgehead atoms. The van der Waals surface area contributed by atoms with E-state index >= 15 is 0 Å². The smallest absolute Gasteiger partial charge is 0.334 e. The zero-order chi connectivity index (χ0) is 11.4. The van der Waals surface area contributed by atoms with Crippen molar-refractivity contribution < 1.29 is 24.9 Å². The van der Waals surface area contributed by atoms with Crippen LogP contribution < -0.4 is 10.6 Å². The lowest BCUT2D eigenvalue weighted by atomic mass is 10.2. The molecule has 1 aliphatic rings. The second-order valence-corrected chi connectivity index (χ2v) is 3.45. The van der Waals surface area contributed by atoms with Crippen LogP contribution in [0.3, 0.4) is 0 Å². The Bertz CT molecular complexity index is 257. The van der Waals surface area contributed by atoms with E-state index in [1.165, 1.54) is 0 Å². The zero-order valence-electron chi connectivity index (χ0n) is 8.01. The second kappa shape index (κ2) is 5.06. The van der Waals surface area contributed by atoms with Crippen molar-refractivity contribution in [3.63, 3.8) is 0 Å². The van der Waals surface area contributed by atoms with E-state index in [-0.39, 0.29) is 6.54 Å². The van der Waals surface area contributed by atoms with Gasteiger partial charge in [0.1, 0.15) is 0 Å². The van der Waals surface area contributed by atoms with Crippen LogP contribution >= 0.6 is 0 Å². The van der Waals surface area contributed by atoms with Crippen LogP contribution in [0.2, 0.25) is 0 Å². The summed E-state index contributed by atoms with van der Waals surface area (Å²) in [6.07, 6.45) is -1.85. The number of β-amino-alcohol motifs (C(OH)–C–C–N with tert-alkyl or cyclic N) is 1. The molecule has 7 nitrogen and oxygen atoms in total. The highest BCUT2D eigenvalue weighted by molar-refractivity contribution is 5.83. The summed E-state index contributed by atoms with van der Waals surface area (Å²) in [4.78, 5) is 21.6. The van der Waals surface area contributed by atoms with Crippen LogP contribution in [-0.4, -0.2) is 58.5 Å². The molecule has 0 aromatic heterocycles. The van der Waals surface area contributed by atoms with E-state index < -0.39 is 30.1 Å². The van der Waals surface area contributed by atoms with Gasteiger partial charge in [-0.3, -0.25) is 4.79 Å². The molecule has 0 spiro atoms. The van der Waals surface area contributed by atoms with Crippen molar-refractivity contribution in [3.8, 4) is 0 Å². The summed E-state index contributed by atoms with van der Waals surface area (Å²) >= 11 is 0. The van der Waals surface area contributed by atoms with Gasteiger partial charge in [0.15, 0.2) is 6.10 Å². The van der Waals surface area contributed by atoms with E-state index in [0.29, 0.717) is 13.0 Å². The fraction of sp³-hybridized carbons (Fsp3) is 0.750. The van der Waals surface area contributed by atoms with Crippen molar-refractivity contribution in [2.45, 2.75) is 24.7 Å². The summed E-state index contributed by atoms with van der Waals surface area (Å²) < 4.78 is 0. The average molecular weight is 218 g/mol. The van der Waals surface area contributed by atoms with Gasteiger partial charge in [-0.05, 0) is 6.42 Å². The summed E-state index contributed by atoms with van der Waals surface area (Å²) in [7, 11) is 0. The van der Waals surface area contributed by atoms with Crippen LogP contribution in [0, 0.1) is 0 Å². The average Bonchev–Trinajstić information content (AvgIpc) is 2.60. The number of nitrogens with one attached hydrogen (secondary N) is 2. The Hall–Kier alpha value is -1.18. The molecule has 15 heavy (non-hydrogen) atoms. The normalized spacial score (nSPS) is 27.3. The molecular formula is C8H14N2O5. The number of carbonyl (C=O) groups is 2. The highest BCUT2D eigenvalue weighted by atomic mass is 16.4. The van der Waals surface area contributed by atoms with E-state index in [2.05, 4.69) is 10.6 Å². The standard InChI is InChI=1S/C8H14N2O5/c11-4-1-5(9-2-4)7(13)10-3-6(12)8(14)15/h4-6,9,11-12H,1-3H2,(H,10,13)(H,14,15)/t4?,5?,6-/m0/s1. The van der Waals surface area contributed by atoms with E-state index in [0.717, 1.165) is 0 Å². The van der Waals surface area contributed by atoms with Gasteiger partial charge in [0.2, 0.25) is 5.91 Å². The van der Waals surface area contributed by atoms with Crippen molar-refractivity contribution in [2.75, 3.05) is 13.1 Å². The van der Waals surface area contributed by atoms with Crippen molar-refractivity contribution in [2.24, 2.45) is 0 Å². The summed E-state index contributed by atoms with van der Waals surface area (Å²) in [5, 5.41) is 31.4. The van der Waals surface area contributed by atoms with E-state index in [4.69, 9.17) is 15.3 Å². The minimum absolute atomic E-state index is 0.301. The summed E-state index contributed by atoms with van der Waals surface area (Å²) in [6.45, 7) is 0.0159. The van der Waals surface area contributed by atoms with Crippen molar-refractivity contribution in [1.29, 1.82) is 0 Å². The topological polar surface area (TPSA) is 119 Å². The molecule has 0 saturated carbocycles. The second-order valence-electron chi connectivity index (χ2n) is 3.45. The van der Waals surface area contributed by atoms with Crippen LogP contribution in [-0.2, 0) is 9.59 Å². The predicted octanol–water partition coefficient (Wildman–Crippen LogP) is -2.73. The highest BCUT2D eigenvalue weighted by Crippen LogP contribution is 2.05. The summed E-state index contributed by atoms with van der Waals surface area (Å²) in [5.41, 5.74) is 0. The Balaban J connectivity index is 2.27. The molecule has 5 N–H and O–H groups in total. The first-order valence-electron chi connectivity index (χ1n) is 4.60. The Morgan fingerprint density at radius 2 is 2.20 bits per heavy atom. The molecule has 7 heteroatoms. The molecule has 1 saturated heterocycles. The number of hydrogen-bond donors (Lipinski definition) is 5. The van der Waals surface area contributed by atoms with Gasteiger partial charge in [-0.2, -0.15) is 0 Å². The third-order valence-corrected chi connectivity index (χ3v) is 2.18. The molecule has 1 rings (SSSR count). The van der Waals surface area contributed by atoms with Crippen molar-refractivity contribution in [1.82, 2.24) is 10.6 Å². The van der Waals surface area contributed by atoms with Gasteiger partial charge in [-0.15, -0.1) is 0 Å². The number of aliphatic hydroxyl groups is 2. The fourth-order valence-corrected chi connectivity index (χ4v) is 1.32. The Labute approximate surface area is 86.1 Å². The zero-order valence-corrected chi connectivity index (χ0v) is 8.01. The molecule has 2 unspecified atom stereocenters. The maximum absolute atomic E-state index is 11.3. The molecule has 0 aliphatic carbocycles. The van der Waals surface area contributed by atoms with Crippen LogP contribution in [0.4, 0.5) is 0 Å². The molecular weight excluding hydrogens is 204 g/mol. The van der Waals surface area contributed by atoms with Gasteiger partial charge in [0.25, 0.3) is 0 Å². The van der Waals surface area contributed by atoms with Gasteiger partial charge >= 0.3 is 5.97 Å². The predicted molar refractivity (Wildman–Crippen MR) is 49.1 cm³/mol. The SMILES string of the molecule is O=C(NC[C@H](O)C(=O)O)C1CC(O)CN1. The number of carboxylic acids is 1. The third-order valence-electron chi connectivity index (χ3n) is 2.18. The Kier molecular flexibility index (Phi) is 4.01. The molecule has 1 fully saturated rings. The molecule has 3 atom stereocenters. The number of rotatable bonds is 4. The van der Waals surface area contributed by atoms with Crippen LogP contribution in [0.25, 0.3) is 0 Å². The number of aliphatic carboxylic acids is 1. The number of carboxylic acid groups (broad SMARTS) is 1. The van der Waals surface area contributed by atoms with Gasteiger partial charge in [0, 0.05) is 6.54 Å². The monoisotopic (exact) mass is 218 g/mol. The maximum atomic E-state index is 11.3. The van der Waals surface area contributed by atoms with E-state index in [1.54, 1.807) is 0 Å². The van der Waals surface area contributed by atoms with Crippen LogP contribution in [0.1, 0.15) is 6.42 Å². The van der Waals surface area contributed by atoms with Gasteiger partial charge in [-0.25, -0.2) is 4.79 Å². The minimum atomic E-state index is -1.60. The van der Waals surface area contributed by atoms with Gasteiger partial charge in [0.05, 0.1) is 18.7 Å². The maximum Gasteiger partial charge on any atom is 0.334 e. The molecule has 0 radical (unpaired) electrons. The van der Waals surface area contributed by atoms with Crippen molar-refractivity contribution in [3.05, 3.63) is 0 Å². The molecule has 1 aliphatic heterocycles. The van der Waals surface area contributed by atoms with Crippen LogP contribution in [0.5, 0.6) is 0 Å². The minimum Gasteiger partial charge on any atom is -0.479 e. The lowest BCUT2D eigenvalue weighted by molar-refractivity contribution is -0.146. The molecule has 1 amide bonds. The molecule has 0 aromatic rings. The lowest BCUT2D eigenvalue weighted by Gasteiger charge is -2.12. The summed E-state index contributed by atoms with van der Waals surface area (Å²) in [6, 6.07) is -0.513. The van der Waals surface area contributed by atoms with E-state index in [1.807, 2.05) is 0 Å². The Morgan fingerprint density at radius 3 is 2.67 bits per heavy atom. The van der Waals surface area contributed by atoms with Crippen LogP contribution in [0.15, 0.2) is 0 Å². The number of hydrogen-bond acceptors (Lipinski definition) is 5. The Morgan fingerprint density at radius 1 is 1.53 bits per heavy atom. The largest absolute Gasteiger partial charge is 0.479 e. The molecule has 1 heterocycles. The molecule has 86 valence electrons. The quantitative estimate of drug-likeness (QED) is 0.349. The first-order chi connectivity index (χ1) is 7.00. The summed E-state index contributed by atoms with van der Waals surface area (Å²) in [5.74, 6) is -1.79. The first kappa shape index (κ1) is 11.9. The van der Waals surface area contributed by atoms with E-state index in [9.17, 15) is 9.59 Å². The van der Waals surface area contributed by atoms with Gasteiger partial charge < -0.3 is 26.0 Å². The number of aliphatic hydroxyl groups excluding tert-OH is 2. The number of carbonyl (C=O) groups excluding carboxylic acids is 1. The van der Waals surface area contributed by atoms with Gasteiger partial charge in [-0.1, -0.05) is 0 Å². The highest BCUT2D eigenvalue weighted by Gasteiger charge is 2.28. The lowest BCUT2D eigenvalue weighted by Crippen LogP contribution is -2.44. The number of amides is 1. The molecule has 0 aromatic carbocycles. The third kappa shape index (κ3) is 3.46. The fourth-order valence-electron chi connectivity index (χ4n) is 1.32.